The van der Waals surface area contributed by atoms with E-state index in [4.69, 9.17) is 0 Å². The van der Waals surface area contributed by atoms with E-state index in [0.29, 0.717) is 0 Å². The summed E-state index contributed by atoms with van der Waals surface area (Å²) >= 11 is 3.30. The zero-order valence-electron chi connectivity index (χ0n) is 13.3. The van der Waals surface area contributed by atoms with Crippen molar-refractivity contribution >= 4 is 23.5 Å². The highest BCUT2D eigenvalue weighted by atomic mass is 32.2. The highest BCUT2D eigenvalue weighted by Gasteiger charge is 2.00. The molecule has 116 valence electrons. The molecule has 0 aromatic carbocycles. The van der Waals surface area contributed by atoms with Crippen molar-refractivity contribution in [1.82, 2.24) is 19.9 Å². The van der Waals surface area contributed by atoms with Gasteiger partial charge in [0.15, 0.2) is 10.3 Å². The maximum atomic E-state index is 4.41. The van der Waals surface area contributed by atoms with Crippen LogP contribution in [-0.2, 0) is 0 Å². The molecular formula is C16H20N4S2. The summed E-state index contributed by atoms with van der Waals surface area (Å²) in [6.45, 7) is 7.98. The molecule has 0 aliphatic rings. The van der Waals surface area contributed by atoms with E-state index >= 15 is 0 Å². The number of nitrogens with zero attached hydrogens (tertiary/aromatic N) is 4. The minimum atomic E-state index is 0.840. The summed E-state index contributed by atoms with van der Waals surface area (Å²) < 4.78 is 0. The standard InChI is InChI=1S/C16H20N4S2/c1-11-9-12(2)18-15(17-11)21-7-5-6-8-22-16-19-13(3)10-14(4)20-16/h5-6,9-10H,7-8H2,1-4H3/b6-5+. The zero-order chi connectivity index (χ0) is 15.9. The monoisotopic (exact) mass is 332 g/mol. The predicted molar refractivity (Wildman–Crippen MR) is 93.6 cm³/mol. The molecule has 2 heterocycles. The van der Waals surface area contributed by atoms with Gasteiger partial charge in [-0.25, -0.2) is 19.9 Å². The van der Waals surface area contributed by atoms with Crippen molar-refractivity contribution in [3.05, 3.63) is 47.1 Å². The van der Waals surface area contributed by atoms with E-state index in [1.165, 1.54) is 0 Å². The molecule has 0 saturated carbocycles. The molecule has 0 saturated heterocycles. The number of rotatable bonds is 6. The number of aryl methyl sites for hydroxylation is 4. The van der Waals surface area contributed by atoms with Crippen LogP contribution in [0.4, 0.5) is 0 Å². The number of hydrogen-bond acceptors (Lipinski definition) is 6. The van der Waals surface area contributed by atoms with Gasteiger partial charge in [-0.15, -0.1) is 0 Å². The SMILES string of the molecule is Cc1cc(C)nc(SC/C=C/CSc2nc(C)cc(C)n2)n1. The van der Waals surface area contributed by atoms with Crippen LogP contribution in [0, 0.1) is 27.7 Å². The second-order valence-corrected chi connectivity index (χ2v) is 6.93. The lowest BCUT2D eigenvalue weighted by atomic mass is 10.4. The first-order valence-corrected chi connectivity index (χ1v) is 9.05. The second-order valence-electron chi connectivity index (χ2n) is 4.96. The fraction of sp³-hybridized carbons (Fsp3) is 0.375. The van der Waals surface area contributed by atoms with Gasteiger partial charge < -0.3 is 0 Å². The first-order chi connectivity index (χ1) is 10.5. The molecular weight excluding hydrogens is 312 g/mol. The average Bonchev–Trinajstić information content (AvgIpc) is 2.40. The molecule has 2 aromatic heterocycles. The fourth-order valence-electron chi connectivity index (χ4n) is 1.90. The molecule has 0 bridgehead atoms. The van der Waals surface area contributed by atoms with Gasteiger partial charge in [0.2, 0.25) is 0 Å². The molecule has 0 fully saturated rings. The number of thioether (sulfide) groups is 2. The quantitative estimate of drug-likeness (QED) is 0.454. The minimum absolute atomic E-state index is 0.840. The van der Waals surface area contributed by atoms with Crippen molar-refractivity contribution in [2.24, 2.45) is 0 Å². The van der Waals surface area contributed by atoms with Gasteiger partial charge in [-0.1, -0.05) is 35.7 Å². The topological polar surface area (TPSA) is 51.6 Å². The third kappa shape index (κ3) is 5.77. The van der Waals surface area contributed by atoms with Crippen LogP contribution in [-0.4, -0.2) is 31.4 Å². The Balaban J connectivity index is 1.76. The van der Waals surface area contributed by atoms with E-state index in [-0.39, 0.29) is 0 Å². The van der Waals surface area contributed by atoms with Gasteiger partial charge in [0, 0.05) is 34.3 Å². The van der Waals surface area contributed by atoms with Crippen molar-refractivity contribution in [1.29, 1.82) is 0 Å². The smallest absolute Gasteiger partial charge is 0.188 e. The van der Waals surface area contributed by atoms with Gasteiger partial charge in [-0.3, -0.25) is 0 Å². The van der Waals surface area contributed by atoms with Gasteiger partial charge in [0.05, 0.1) is 0 Å². The Bertz CT molecular complexity index is 573. The summed E-state index contributed by atoms with van der Waals surface area (Å²) in [5.74, 6) is 1.74. The summed E-state index contributed by atoms with van der Waals surface area (Å²) in [4.78, 5) is 17.6. The van der Waals surface area contributed by atoms with Crippen LogP contribution >= 0.6 is 23.5 Å². The largest absolute Gasteiger partial charge is 0.228 e. The summed E-state index contributed by atoms with van der Waals surface area (Å²) in [5, 5.41) is 1.68. The molecule has 0 aliphatic heterocycles. The number of aromatic nitrogens is 4. The van der Waals surface area contributed by atoms with Crippen molar-refractivity contribution in [3.63, 3.8) is 0 Å². The predicted octanol–water partition coefficient (Wildman–Crippen LogP) is 3.94. The van der Waals surface area contributed by atoms with E-state index in [1.54, 1.807) is 23.5 Å². The van der Waals surface area contributed by atoms with E-state index in [0.717, 1.165) is 44.6 Å². The zero-order valence-corrected chi connectivity index (χ0v) is 15.0. The molecule has 22 heavy (non-hydrogen) atoms. The van der Waals surface area contributed by atoms with Crippen LogP contribution < -0.4 is 0 Å². The van der Waals surface area contributed by atoms with Gasteiger partial charge in [-0.2, -0.15) is 0 Å². The Morgan fingerprint density at radius 2 is 1.00 bits per heavy atom. The van der Waals surface area contributed by atoms with Gasteiger partial charge in [0.25, 0.3) is 0 Å². The second kappa shape index (κ2) is 8.29. The van der Waals surface area contributed by atoms with E-state index in [9.17, 15) is 0 Å². The molecule has 0 spiro atoms. The Hall–Kier alpha value is -1.40. The van der Waals surface area contributed by atoms with E-state index in [2.05, 4.69) is 32.1 Å². The molecule has 0 amide bonds. The molecule has 6 heteroatoms. The Kier molecular flexibility index (Phi) is 6.39. The summed E-state index contributed by atoms with van der Waals surface area (Å²) in [6, 6.07) is 3.97. The molecule has 0 aliphatic carbocycles. The summed E-state index contributed by atoms with van der Waals surface area (Å²) in [7, 11) is 0. The molecule has 0 unspecified atom stereocenters. The third-order valence-electron chi connectivity index (χ3n) is 2.71. The molecule has 0 radical (unpaired) electrons. The van der Waals surface area contributed by atoms with Crippen LogP contribution in [0.2, 0.25) is 0 Å². The maximum absolute atomic E-state index is 4.41. The summed E-state index contributed by atoms with van der Waals surface area (Å²) in [6.07, 6.45) is 4.28. The van der Waals surface area contributed by atoms with Crippen LogP contribution in [0.15, 0.2) is 34.6 Å². The van der Waals surface area contributed by atoms with Crippen molar-refractivity contribution < 1.29 is 0 Å². The minimum Gasteiger partial charge on any atom is -0.228 e. The van der Waals surface area contributed by atoms with Crippen LogP contribution in [0.25, 0.3) is 0 Å². The maximum Gasteiger partial charge on any atom is 0.188 e. The lowest BCUT2D eigenvalue weighted by molar-refractivity contribution is 0.903. The van der Waals surface area contributed by atoms with Crippen molar-refractivity contribution in [3.8, 4) is 0 Å². The van der Waals surface area contributed by atoms with Crippen molar-refractivity contribution in [2.75, 3.05) is 11.5 Å². The highest BCUT2D eigenvalue weighted by molar-refractivity contribution is 7.99. The molecule has 4 nitrogen and oxygen atoms in total. The number of hydrogen-bond donors (Lipinski definition) is 0. The Labute approximate surface area is 140 Å². The Morgan fingerprint density at radius 1 is 0.682 bits per heavy atom. The van der Waals surface area contributed by atoms with Crippen molar-refractivity contribution in [2.45, 2.75) is 38.0 Å². The molecule has 2 aromatic rings. The highest BCUT2D eigenvalue weighted by Crippen LogP contribution is 2.16. The lowest BCUT2D eigenvalue weighted by Crippen LogP contribution is -1.93. The van der Waals surface area contributed by atoms with Crippen LogP contribution in [0.3, 0.4) is 0 Å². The summed E-state index contributed by atoms with van der Waals surface area (Å²) in [5.41, 5.74) is 4.06. The van der Waals surface area contributed by atoms with Gasteiger partial charge in [-0.05, 0) is 39.8 Å². The fourth-order valence-corrected chi connectivity index (χ4v) is 3.49. The lowest BCUT2D eigenvalue weighted by Gasteiger charge is -2.01. The molecule has 0 atom stereocenters. The third-order valence-corrected chi connectivity index (χ3v) is 4.31. The molecule has 2 rings (SSSR count). The normalized spacial score (nSPS) is 11.3. The van der Waals surface area contributed by atoms with E-state index < -0.39 is 0 Å². The van der Waals surface area contributed by atoms with Gasteiger partial charge in [0.1, 0.15) is 0 Å². The van der Waals surface area contributed by atoms with Crippen LogP contribution in [0.5, 0.6) is 0 Å². The first kappa shape index (κ1) is 17.0. The van der Waals surface area contributed by atoms with E-state index in [1.807, 2.05) is 39.8 Å². The first-order valence-electron chi connectivity index (χ1n) is 7.08. The average molecular weight is 332 g/mol. The van der Waals surface area contributed by atoms with Crippen LogP contribution in [0.1, 0.15) is 22.8 Å². The Morgan fingerprint density at radius 3 is 1.32 bits per heavy atom. The van der Waals surface area contributed by atoms with Gasteiger partial charge >= 0.3 is 0 Å². The molecule has 0 N–H and O–H groups in total.